The minimum Gasteiger partial charge on any atom is -0.318 e. The molecule has 0 aromatic carbocycles. The zero-order chi connectivity index (χ0) is 9.10. The monoisotopic (exact) mass is 176 g/mol. The third kappa shape index (κ3) is 1.72. The first kappa shape index (κ1) is 7.91. The summed E-state index contributed by atoms with van der Waals surface area (Å²) in [6.07, 6.45) is 5.68. The number of aromatic amines is 1. The fourth-order valence-corrected chi connectivity index (χ4v) is 1.22. The number of nitrogens with one attached hydrogen (secondary N) is 2. The van der Waals surface area contributed by atoms with E-state index in [4.69, 9.17) is 0 Å². The first-order valence-electron chi connectivity index (χ1n) is 4.25. The Hall–Kier alpha value is -1.71. The van der Waals surface area contributed by atoms with Gasteiger partial charge in [0, 0.05) is 18.6 Å². The summed E-state index contributed by atoms with van der Waals surface area (Å²) in [4.78, 5) is 0. The molecule has 4 heteroatoms. The summed E-state index contributed by atoms with van der Waals surface area (Å²) in [6.45, 7) is 2.08. The molecule has 0 bridgehead atoms. The van der Waals surface area contributed by atoms with Crippen molar-refractivity contribution in [1.82, 2.24) is 14.9 Å². The van der Waals surface area contributed by atoms with Crippen LogP contribution < -0.4 is 5.43 Å². The van der Waals surface area contributed by atoms with Crippen LogP contribution in [0, 0.1) is 0 Å². The van der Waals surface area contributed by atoms with E-state index < -0.39 is 0 Å². The van der Waals surface area contributed by atoms with Crippen molar-refractivity contribution in [2.24, 2.45) is 0 Å². The van der Waals surface area contributed by atoms with Gasteiger partial charge in [0.25, 0.3) is 0 Å². The van der Waals surface area contributed by atoms with E-state index in [1.165, 1.54) is 0 Å². The summed E-state index contributed by atoms with van der Waals surface area (Å²) < 4.78 is 1.92. The second-order valence-corrected chi connectivity index (χ2v) is 2.95. The molecule has 0 fully saturated rings. The number of hydrogen-bond acceptors (Lipinski definition) is 2. The number of H-pyrrole nitrogens is 1. The SMILES string of the molecule is CC(Nn1cccc1)c1ccn[nH]1. The number of rotatable bonds is 3. The van der Waals surface area contributed by atoms with Gasteiger partial charge in [-0.1, -0.05) is 0 Å². The van der Waals surface area contributed by atoms with Gasteiger partial charge in [-0.3, -0.25) is 9.77 Å². The molecule has 0 radical (unpaired) electrons. The van der Waals surface area contributed by atoms with Crippen molar-refractivity contribution in [3.63, 3.8) is 0 Å². The topological polar surface area (TPSA) is 45.6 Å². The minimum atomic E-state index is 0.231. The molecular formula is C9H12N4. The van der Waals surface area contributed by atoms with E-state index >= 15 is 0 Å². The van der Waals surface area contributed by atoms with Crippen LogP contribution in [0.3, 0.4) is 0 Å². The molecule has 1 unspecified atom stereocenters. The fraction of sp³-hybridized carbons (Fsp3) is 0.222. The van der Waals surface area contributed by atoms with Crippen LogP contribution in [0.2, 0.25) is 0 Å². The molecule has 2 heterocycles. The predicted octanol–water partition coefficient (Wildman–Crippen LogP) is 1.52. The lowest BCUT2D eigenvalue weighted by Crippen LogP contribution is -2.17. The molecule has 0 aliphatic carbocycles. The van der Waals surface area contributed by atoms with Crippen molar-refractivity contribution >= 4 is 0 Å². The van der Waals surface area contributed by atoms with Crippen LogP contribution >= 0.6 is 0 Å². The second kappa shape index (κ2) is 3.35. The summed E-state index contributed by atoms with van der Waals surface area (Å²) >= 11 is 0. The van der Waals surface area contributed by atoms with Crippen LogP contribution in [0.25, 0.3) is 0 Å². The highest BCUT2D eigenvalue weighted by molar-refractivity contribution is 5.08. The van der Waals surface area contributed by atoms with Crippen LogP contribution in [0.1, 0.15) is 18.7 Å². The van der Waals surface area contributed by atoms with Gasteiger partial charge in [0.05, 0.1) is 11.7 Å². The Morgan fingerprint density at radius 1 is 1.46 bits per heavy atom. The Labute approximate surface area is 76.6 Å². The molecule has 2 N–H and O–H groups in total. The standard InChI is InChI=1S/C9H12N4/c1-8(9-4-5-10-11-9)12-13-6-2-3-7-13/h2-8,12H,1H3,(H,10,11). The molecule has 0 amide bonds. The Kier molecular flexibility index (Phi) is 2.04. The lowest BCUT2D eigenvalue weighted by Gasteiger charge is -2.13. The summed E-state index contributed by atoms with van der Waals surface area (Å²) in [5, 5.41) is 6.82. The van der Waals surface area contributed by atoms with Crippen LogP contribution in [0.5, 0.6) is 0 Å². The maximum Gasteiger partial charge on any atom is 0.0810 e. The number of hydrogen-bond donors (Lipinski definition) is 2. The van der Waals surface area contributed by atoms with Crippen molar-refractivity contribution < 1.29 is 0 Å². The predicted molar refractivity (Wildman–Crippen MR) is 50.8 cm³/mol. The summed E-state index contributed by atoms with van der Waals surface area (Å²) in [5.74, 6) is 0. The molecule has 4 nitrogen and oxygen atoms in total. The zero-order valence-corrected chi connectivity index (χ0v) is 7.44. The van der Waals surface area contributed by atoms with Crippen molar-refractivity contribution in [2.45, 2.75) is 13.0 Å². The van der Waals surface area contributed by atoms with Gasteiger partial charge in [-0.05, 0) is 25.1 Å². The Bertz CT molecular complexity index is 336. The molecule has 2 aromatic rings. The van der Waals surface area contributed by atoms with Gasteiger partial charge >= 0.3 is 0 Å². The van der Waals surface area contributed by atoms with Crippen molar-refractivity contribution in [3.8, 4) is 0 Å². The highest BCUT2D eigenvalue weighted by Crippen LogP contribution is 2.08. The molecular weight excluding hydrogens is 164 g/mol. The number of nitrogens with zero attached hydrogens (tertiary/aromatic N) is 2. The average molecular weight is 176 g/mol. The van der Waals surface area contributed by atoms with Gasteiger partial charge < -0.3 is 5.43 Å². The second-order valence-electron chi connectivity index (χ2n) is 2.95. The number of aromatic nitrogens is 3. The van der Waals surface area contributed by atoms with Gasteiger partial charge in [0.15, 0.2) is 0 Å². The van der Waals surface area contributed by atoms with E-state index in [0.717, 1.165) is 5.69 Å². The van der Waals surface area contributed by atoms with Crippen LogP contribution in [-0.2, 0) is 0 Å². The van der Waals surface area contributed by atoms with Gasteiger partial charge in [0.1, 0.15) is 0 Å². The molecule has 68 valence electrons. The first-order valence-corrected chi connectivity index (χ1v) is 4.25. The Morgan fingerprint density at radius 2 is 2.23 bits per heavy atom. The largest absolute Gasteiger partial charge is 0.318 e. The van der Waals surface area contributed by atoms with Gasteiger partial charge in [-0.15, -0.1) is 0 Å². The van der Waals surface area contributed by atoms with Gasteiger partial charge in [-0.25, -0.2) is 0 Å². The van der Waals surface area contributed by atoms with Crippen molar-refractivity contribution in [3.05, 3.63) is 42.5 Å². The van der Waals surface area contributed by atoms with E-state index in [1.54, 1.807) is 6.20 Å². The highest BCUT2D eigenvalue weighted by Gasteiger charge is 2.04. The molecule has 0 saturated carbocycles. The smallest absolute Gasteiger partial charge is 0.0810 e. The quantitative estimate of drug-likeness (QED) is 0.744. The van der Waals surface area contributed by atoms with E-state index in [0.29, 0.717) is 0 Å². The van der Waals surface area contributed by atoms with Gasteiger partial charge in [0.2, 0.25) is 0 Å². The Morgan fingerprint density at radius 3 is 2.85 bits per heavy atom. The van der Waals surface area contributed by atoms with Crippen molar-refractivity contribution in [2.75, 3.05) is 5.43 Å². The van der Waals surface area contributed by atoms with E-state index in [1.807, 2.05) is 35.3 Å². The van der Waals surface area contributed by atoms with Crippen LogP contribution in [0.15, 0.2) is 36.8 Å². The summed E-state index contributed by atoms with van der Waals surface area (Å²) in [6, 6.07) is 6.15. The van der Waals surface area contributed by atoms with Crippen LogP contribution in [0.4, 0.5) is 0 Å². The normalized spacial score (nSPS) is 12.7. The maximum atomic E-state index is 3.90. The highest BCUT2D eigenvalue weighted by atomic mass is 15.4. The summed E-state index contributed by atoms with van der Waals surface area (Å²) in [7, 11) is 0. The maximum absolute atomic E-state index is 3.90. The van der Waals surface area contributed by atoms with E-state index in [9.17, 15) is 0 Å². The molecule has 13 heavy (non-hydrogen) atoms. The van der Waals surface area contributed by atoms with Crippen LogP contribution in [-0.4, -0.2) is 14.9 Å². The minimum absolute atomic E-state index is 0.231. The Balaban J connectivity index is 2.04. The van der Waals surface area contributed by atoms with Gasteiger partial charge in [-0.2, -0.15) is 5.10 Å². The molecule has 2 aromatic heterocycles. The molecule has 0 aliphatic rings. The first-order chi connectivity index (χ1) is 6.36. The van der Waals surface area contributed by atoms with Crippen molar-refractivity contribution in [1.29, 1.82) is 0 Å². The zero-order valence-electron chi connectivity index (χ0n) is 7.44. The lowest BCUT2D eigenvalue weighted by molar-refractivity contribution is 0.705. The van der Waals surface area contributed by atoms with E-state index in [2.05, 4.69) is 22.5 Å². The molecule has 1 atom stereocenters. The molecule has 0 aliphatic heterocycles. The summed E-state index contributed by atoms with van der Waals surface area (Å²) in [5.41, 5.74) is 4.35. The van der Waals surface area contributed by atoms with E-state index in [-0.39, 0.29) is 6.04 Å². The lowest BCUT2D eigenvalue weighted by atomic mass is 10.2. The third-order valence-electron chi connectivity index (χ3n) is 1.94. The molecule has 2 rings (SSSR count). The fourth-order valence-electron chi connectivity index (χ4n) is 1.22. The third-order valence-corrected chi connectivity index (χ3v) is 1.94. The molecule has 0 spiro atoms. The molecule has 0 saturated heterocycles. The average Bonchev–Trinajstić information content (AvgIpc) is 2.74.